The molecule has 0 aliphatic heterocycles. The van der Waals surface area contributed by atoms with Gasteiger partial charge in [-0.25, -0.2) is 0 Å². The normalized spacial score (nSPS) is 46.9. The maximum absolute atomic E-state index is 11.4. The molecular formula is C25H38N2O. The minimum Gasteiger partial charge on any atom is -0.388 e. The van der Waals surface area contributed by atoms with Crippen molar-refractivity contribution >= 4 is 6.08 Å². The van der Waals surface area contributed by atoms with Crippen molar-refractivity contribution in [2.75, 3.05) is 0 Å². The largest absolute Gasteiger partial charge is 0.388 e. The van der Waals surface area contributed by atoms with Gasteiger partial charge in [0.25, 0.3) is 0 Å². The van der Waals surface area contributed by atoms with Gasteiger partial charge in [0.2, 0.25) is 0 Å². The van der Waals surface area contributed by atoms with Crippen molar-refractivity contribution in [3.63, 3.8) is 0 Å². The van der Waals surface area contributed by atoms with Gasteiger partial charge in [0, 0.05) is 18.2 Å². The monoisotopic (exact) mass is 382 g/mol. The molecule has 7 atom stereocenters. The van der Waals surface area contributed by atoms with Crippen molar-refractivity contribution in [3.8, 4) is 0 Å². The molecule has 0 spiro atoms. The number of fused-ring (bicyclic) bond motifs is 5. The maximum atomic E-state index is 11.4. The number of aromatic nitrogens is 2. The third-order valence-corrected chi connectivity index (χ3v) is 9.83. The highest BCUT2D eigenvalue weighted by atomic mass is 16.3. The fourth-order valence-electron chi connectivity index (χ4n) is 8.21. The lowest BCUT2D eigenvalue weighted by Gasteiger charge is -2.60. The number of hydrogen-bond acceptors (Lipinski definition) is 2. The van der Waals surface area contributed by atoms with Crippen LogP contribution in [0.1, 0.15) is 84.3 Å². The molecule has 5 rings (SSSR count). The van der Waals surface area contributed by atoms with Gasteiger partial charge in [-0.1, -0.05) is 26.7 Å². The highest BCUT2D eigenvalue weighted by Crippen LogP contribution is 2.67. The van der Waals surface area contributed by atoms with Crippen LogP contribution >= 0.6 is 0 Å². The molecule has 0 radical (unpaired) electrons. The molecule has 0 amide bonds. The molecule has 0 saturated heterocycles. The number of aliphatic hydroxyl groups excluding tert-OH is 1. The zero-order chi connectivity index (χ0) is 19.5. The highest BCUT2D eigenvalue weighted by molar-refractivity contribution is 5.52. The van der Waals surface area contributed by atoms with Gasteiger partial charge in [0.1, 0.15) is 0 Å². The van der Waals surface area contributed by atoms with Crippen molar-refractivity contribution in [1.29, 1.82) is 0 Å². The SMILES string of the molecule is CCn1nccc1/C=C1\CC2C3CCC4CCCCC4(C)C3CCC2(C)C1O. The van der Waals surface area contributed by atoms with E-state index in [4.69, 9.17) is 0 Å². The molecule has 28 heavy (non-hydrogen) atoms. The summed E-state index contributed by atoms with van der Waals surface area (Å²) in [6.45, 7) is 8.05. The zero-order valence-electron chi connectivity index (χ0n) is 18.0. The van der Waals surface area contributed by atoms with Gasteiger partial charge in [0.05, 0.1) is 11.8 Å². The van der Waals surface area contributed by atoms with Gasteiger partial charge in [-0.05, 0) is 98.7 Å². The molecule has 3 nitrogen and oxygen atoms in total. The summed E-state index contributed by atoms with van der Waals surface area (Å²) in [5.74, 6) is 3.32. The van der Waals surface area contributed by atoms with E-state index in [2.05, 4.69) is 38.0 Å². The molecule has 7 unspecified atom stereocenters. The van der Waals surface area contributed by atoms with Crippen LogP contribution in [0.4, 0.5) is 0 Å². The summed E-state index contributed by atoms with van der Waals surface area (Å²) in [4.78, 5) is 0. The van der Waals surface area contributed by atoms with Crippen LogP contribution in [0, 0.1) is 34.5 Å². The van der Waals surface area contributed by atoms with Crippen molar-refractivity contribution in [2.24, 2.45) is 34.5 Å². The first-order valence-electron chi connectivity index (χ1n) is 11.9. The molecule has 4 saturated carbocycles. The first-order chi connectivity index (χ1) is 13.5. The van der Waals surface area contributed by atoms with Crippen molar-refractivity contribution in [1.82, 2.24) is 9.78 Å². The summed E-state index contributed by atoms with van der Waals surface area (Å²) in [6, 6.07) is 2.09. The first-order valence-corrected chi connectivity index (χ1v) is 11.9. The molecule has 1 N–H and O–H groups in total. The molecule has 0 aromatic carbocycles. The second-order valence-corrected chi connectivity index (χ2v) is 10.8. The third-order valence-electron chi connectivity index (χ3n) is 9.83. The number of rotatable bonds is 2. The van der Waals surface area contributed by atoms with E-state index >= 15 is 0 Å². The highest BCUT2D eigenvalue weighted by Gasteiger charge is 2.60. The van der Waals surface area contributed by atoms with Crippen LogP contribution in [-0.2, 0) is 6.54 Å². The predicted molar refractivity (Wildman–Crippen MR) is 114 cm³/mol. The van der Waals surface area contributed by atoms with Crippen LogP contribution in [0.15, 0.2) is 17.8 Å². The van der Waals surface area contributed by atoms with Crippen LogP contribution in [0.2, 0.25) is 0 Å². The lowest BCUT2D eigenvalue weighted by molar-refractivity contribution is -0.119. The fraction of sp³-hybridized carbons (Fsp3) is 0.800. The molecule has 3 heteroatoms. The average Bonchev–Trinajstić information content (AvgIpc) is 3.24. The molecule has 4 aliphatic carbocycles. The third kappa shape index (κ3) is 2.61. The van der Waals surface area contributed by atoms with Crippen LogP contribution in [0.3, 0.4) is 0 Å². The lowest BCUT2D eigenvalue weighted by Crippen LogP contribution is -2.53. The second-order valence-electron chi connectivity index (χ2n) is 10.8. The summed E-state index contributed by atoms with van der Waals surface area (Å²) in [5.41, 5.74) is 3.06. The summed E-state index contributed by atoms with van der Waals surface area (Å²) < 4.78 is 2.04. The fourth-order valence-corrected chi connectivity index (χ4v) is 8.21. The number of aryl methyl sites for hydroxylation is 1. The number of hydrogen-bond donors (Lipinski definition) is 1. The molecule has 1 aromatic rings. The lowest BCUT2D eigenvalue weighted by atomic mass is 9.45. The van der Waals surface area contributed by atoms with E-state index in [-0.39, 0.29) is 11.5 Å². The van der Waals surface area contributed by atoms with Crippen LogP contribution < -0.4 is 0 Å². The Morgan fingerprint density at radius 1 is 1.11 bits per heavy atom. The minimum atomic E-state index is -0.282. The predicted octanol–water partition coefficient (Wildman–Crippen LogP) is 5.69. The van der Waals surface area contributed by atoms with Gasteiger partial charge in [-0.3, -0.25) is 4.68 Å². The van der Waals surface area contributed by atoms with E-state index in [1.165, 1.54) is 56.9 Å². The Morgan fingerprint density at radius 3 is 2.79 bits per heavy atom. The van der Waals surface area contributed by atoms with Crippen molar-refractivity contribution < 1.29 is 5.11 Å². The standard InChI is InChI=1S/C25H38N2O/c1-4-27-19(11-14-26-27)15-17-16-22-20-9-8-18-7-5-6-12-24(18,2)21(20)10-13-25(22,3)23(17)28/h11,14-15,18,20-23,28H,4-10,12-13,16H2,1-3H3/b17-15+. The van der Waals surface area contributed by atoms with E-state index in [1.54, 1.807) is 0 Å². The summed E-state index contributed by atoms with van der Waals surface area (Å²) in [5, 5.41) is 15.8. The minimum absolute atomic E-state index is 0.0714. The van der Waals surface area contributed by atoms with Crippen LogP contribution in [0.25, 0.3) is 6.08 Å². The summed E-state index contributed by atoms with van der Waals surface area (Å²) in [6.07, 6.45) is 16.1. The van der Waals surface area contributed by atoms with E-state index in [0.29, 0.717) is 11.3 Å². The quantitative estimate of drug-likeness (QED) is 0.713. The van der Waals surface area contributed by atoms with Crippen LogP contribution in [-0.4, -0.2) is 21.0 Å². The van der Waals surface area contributed by atoms with E-state index in [0.717, 1.165) is 36.4 Å². The maximum Gasteiger partial charge on any atom is 0.0810 e. The van der Waals surface area contributed by atoms with E-state index in [1.807, 2.05) is 10.9 Å². The van der Waals surface area contributed by atoms with Gasteiger partial charge in [-0.15, -0.1) is 0 Å². The Labute approximate surface area is 170 Å². The van der Waals surface area contributed by atoms with E-state index < -0.39 is 0 Å². The summed E-state index contributed by atoms with van der Waals surface area (Å²) in [7, 11) is 0. The first kappa shape index (κ1) is 18.9. The number of nitrogens with zero attached hydrogens (tertiary/aromatic N) is 2. The van der Waals surface area contributed by atoms with E-state index in [9.17, 15) is 5.11 Å². The van der Waals surface area contributed by atoms with Gasteiger partial charge in [-0.2, -0.15) is 5.10 Å². The van der Waals surface area contributed by atoms with Gasteiger partial charge < -0.3 is 5.11 Å². The van der Waals surface area contributed by atoms with Gasteiger partial charge in [0.15, 0.2) is 0 Å². The van der Waals surface area contributed by atoms with Gasteiger partial charge >= 0.3 is 0 Å². The van der Waals surface area contributed by atoms with Crippen LogP contribution in [0.5, 0.6) is 0 Å². The molecule has 1 aromatic heterocycles. The van der Waals surface area contributed by atoms with Crippen molar-refractivity contribution in [2.45, 2.75) is 91.2 Å². The topological polar surface area (TPSA) is 38.0 Å². The molecular weight excluding hydrogens is 344 g/mol. The zero-order valence-corrected chi connectivity index (χ0v) is 18.0. The second kappa shape index (κ2) is 6.72. The Bertz CT molecular complexity index is 766. The Balaban J connectivity index is 1.46. The average molecular weight is 383 g/mol. The molecule has 4 fully saturated rings. The molecule has 4 aliphatic rings. The summed E-state index contributed by atoms with van der Waals surface area (Å²) >= 11 is 0. The smallest absolute Gasteiger partial charge is 0.0810 e. The number of aliphatic hydroxyl groups is 1. The molecule has 154 valence electrons. The molecule has 0 bridgehead atoms. The molecule has 1 heterocycles. The Morgan fingerprint density at radius 2 is 1.96 bits per heavy atom. The Kier molecular flexibility index (Phi) is 4.54. The van der Waals surface area contributed by atoms with Crippen molar-refractivity contribution in [3.05, 3.63) is 23.5 Å². The Hall–Kier alpha value is -1.09.